The van der Waals surface area contributed by atoms with E-state index in [2.05, 4.69) is 37.9 Å². The second kappa shape index (κ2) is 6.96. The molecule has 0 spiro atoms. The highest BCUT2D eigenvalue weighted by Crippen LogP contribution is 2.32. The van der Waals surface area contributed by atoms with E-state index in [1.807, 2.05) is 0 Å². The van der Waals surface area contributed by atoms with Crippen molar-refractivity contribution in [1.29, 1.82) is 0 Å². The van der Waals surface area contributed by atoms with Crippen molar-refractivity contribution in [2.45, 2.75) is 71.4 Å². The van der Waals surface area contributed by atoms with Crippen LogP contribution in [0.5, 0.6) is 0 Å². The molecule has 1 heterocycles. The molecule has 1 heteroatoms. The Hall–Kier alpha value is -0.483. The Kier molecular flexibility index (Phi) is 5.91. The van der Waals surface area contributed by atoms with Gasteiger partial charge in [0.25, 0.3) is 0 Å². The summed E-state index contributed by atoms with van der Waals surface area (Å²) in [6.45, 7) is 6.99. The van der Waals surface area contributed by atoms with Gasteiger partial charge in [0, 0.05) is 6.42 Å². The summed E-state index contributed by atoms with van der Waals surface area (Å²) in [6, 6.07) is 1.38. The van der Waals surface area contributed by atoms with Gasteiger partial charge in [-0.1, -0.05) is 50.9 Å². The van der Waals surface area contributed by atoms with Crippen LogP contribution in [0.25, 0.3) is 0 Å². The average Bonchev–Trinajstić information content (AvgIpc) is 2.64. The molecule has 1 aliphatic rings. The molecule has 1 atom stereocenters. The molecule has 1 aliphatic heterocycles. The molecule has 0 aromatic rings. The van der Waals surface area contributed by atoms with Gasteiger partial charge in [-0.15, -0.1) is 11.5 Å². The lowest BCUT2D eigenvalue weighted by Crippen LogP contribution is -2.28. The summed E-state index contributed by atoms with van der Waals surface area (Å²) in [7, 11) is -1.30. The minimum Gasteiger partial charge on any atom is -0.126 e. The van der Waals surface area contributed by atoms with Gasteiger partial charge in [-0.25, -0.2) is 0 Å². The van der Waals surface area contributed by atoms with E-state index in [9.17, 15) is 0 Å². The zero-order valence-corrected chi connectivity index (χ0v) is 12.2. The first-order valence-corrected chi connectivity index (χ1v) is 9.63. The van der Waals surface area contributed by atoms with E-state index < -0.39 is 8.07 Å². The van der Waals surface area contributed by atoms with E-state index in [0.29, 0.717) is 0 Å². The molecule has 1 rings (SSSR count). The molecule has 0 aliphatic carbocycles. The number of hydrogen-bond acceptors (Lipinski definition) is 0. The van der Waals surface area contributed by atoms with Crippen LogP contribution in [0.1, 0.15) is 58.8 Å². The zero-order chi connectivity index (χ0) is 11.9. The van der Waals surface area contributed by atoms with Gasteiger partial charge in [0.2, 0.25) is 0 Å². The van der Waals surface area contributed by atoms with E-state index >= 15 is 0 Å². The summed E-state index contributed by atoms with van der Waals surface area (Å²) < 4.78 is 0. The van der Waals surface area contributed by atoms with Crippen molar-refractivity contribution in [1.82, 2.24) is 0 Å². The van der Waals surface area contributed by atoms with Gasteiger partial charge in [-0.05, 0) is 25.3 Å². The van der Waals surface area contributed by atoms with Crippen molar-refractivity contribution < 1.29 is 0 Å². The predicted octanol–water partition coefficient (Wildman–Crippen LogP) is 4.86. The van der Waals surface area contributed by atoms with Crippen LogP contribution in [-0.2, 0) is 0 Å². The summed E-state index contributed by atoms with van der Waals surface area (Å²) in [6.07, 6.45) is 11.4. The lowest BCUT2D eigenvalue weighted by Gasteiger charge is -2.18. The summed E-state index contributed by atoms with van der Waals surface area (Å²) in [4.78, 5) is 0. The van der Waals surface area contributed by atoms with E-state index in [0.717, 1.165) is 6.42 Å². The number of hydrogen-bond donors (Lipinski definition) is 0. The van der Waals surface area contributed by atoms with Crippen molar-refractivity contribution in [3.8, 4) is 11.5 Å². The van der Waals surface area contributed by atoms with Crippen molar-refractivity contribution in [3.63, 3.8) is 0 Å². The maximum absolute atomic E-state index is 3.67. The summed E-state index contributed by atoms with van der Waals surface area (Å²) in [5.41, 5.74) is 3.67. The Balaban J connectivity index is 2.53. The second-order valence-corrected chi connectivity index (χ2v) is 9.17. The van der Waals surface area contributed by atoms with Crippen LogP contribution in [0.15, 0.2) is 11.3 Å². The van der Waals surface area contributed by atoms with Crippen LogP contribution >= 0.6 is 0 Å². The van der Waals surface area contributed by atoms with Crippen LogP contribution in [0.2, 0.25) is 12.6 Å². The lowest BCUT2D eigenvalue weighted by molar-refractivity contribution is 0.804. The van der Waals surface area contributed by atoms with Crippen LogP contribution < -0.4 is 0 Å². The third-order valence-corrected chi connectivity index (χ3v) is 7.45. The fraction of sp³-hybridized carbons (Fsp3) is 0.733. The fourth-order valence-corrected chi connectivity index (χ4v) is 5.50. The van der Waals surface area contributed by atoms with Crippen LogP contribution in [-0.4, -0.2) is 8.07 Å². The minimum atomic E-state index is -1.30. The van der Waals surface area contributed by atoms with Crippen molar-refractivity contribution >= 4 is 8.07 Å². The summed E-state index contributed by atoms with van der Waals surface area (Å²) in [5.74, 6) is 3.45. The Bertz CT molecular complexity index is 292. The third-order valence-electron chi connectivity index (χ3n) is 3.56. The molecule has 0 saturated heterocycles. The number of allylic oxidation sites excluding steroid dienone is 2. The SMILES string of the molecule is CCCCC#C[Si]1(C)CCC=C1CCCC. The van der Waals surface area contributed by atoms with Crippen LogP contribution in [0.4, 0.5) is 0 Å². The molecule has 0 nitrogen and oxygen atoms in total. The van der Waals surface area contributed by atoms with Gasteiger partial charge in [0.1, 0.15) is 0 Å². The van der Waals surface area contributed by atoms with Crippen LogP contribution in [0.3, 0.4) is 0 Å². The zero-order valence-electron chi connectivity index (χ0n) is 11.2. The molecule has 0 amide bonds. The maximum atomic E-state index is 3.67. The molecule has 16 heavy (non-hydrogen) atoms. The number of rotatable bonds is 5. The van der Waals surface area contributed by atoms with Gasteiger partial charge < -0.3 is 0 Å². The second-order valence-electron chi connectivity index (χ2n) is 5.11. The molecule has 1 unspecified atom stereocenters. The Morgan fingerprint density at radius 3 is 2.69 bits per heavy atom. The third kappa shape index (κ3) is 3.83. The van der Waals surface area contributed by atoms with Gasteiger partial charge >= 0.3 is 0 Å². The van der Waals surface area contributed by atoms with E-state index in [1.54, 1.807) is 5.20 Å². The summed E-state index contributed by atoms with van der Waals surface area (Å²) >= 11 is 0. The lowest BCUT2D eigenvalue weighted by atomic mass is 10.2. The molecular formula is C15H26Si. The molecule has 0 bridgehead atoms. The first-order chi connectivity index (χ1) is 7.73. The molecule has 90 valence electrons. The van der Waals surface area contributed by atoms with Gasteiger partial charge in [0.15, 0.2) is 8.07 Å². The predicted molar refractivity (Wildman–Crippen MR) is 76.0 cm³/mol. The highest BCUT2D eigenvalue weighted by Gasteiger charge is 2.32. The van der Waals surface area contributed by atoms with Crippen molar-refractivity contribution in [3.05, 3.63) is 11.3 Å². The Morgan fingerprint density at radius 1 is 1.25 bits per heavy atom. The fourth-order valence-electron chi connectivity index (χ4n) is 2.33. The highest BCUT2D eigenvalue weighted by molar-refractivity contribution is 6.93. The van der Waals surface area contributed by atoms with Gasteiger partial charge in [-0.2, -0.15) is 0 Å². The molecule has 0 radical (unpaired) electrons. The molecule has 0 fully saturated rings. The van der Waals surface area contributed by atoms with Gasteiger partial charge in [0.05, 0.1) is 0 Å². The topological polar surface area (TPSA) is 0 Å². The standard InChI is InChI=1S/C15H26Si/c1-4-6-8-9-13-16(3)14-10-12-15(16)11-7-5-2/h12H,4-8,10-11,14H2,1-3H3. The quantitative estimate of drug-likeness (QED) is 0.362. The normalized spacial score (nSPS) is 23.8. The molecule has 0 N–H and O–H groups in total. The van der Waals surface area contributed by atoms with E-state index in [4.69, 9.17) is 0 Å². The first kappa shape index (κ1) is 13.6. The summed E-state index contributed by atoms with van der Waals surface area (Å²) in [5, 5.41) is 1.75. The van der Waals surface area contributed by atoms with Crippen molar-refractivity contribution in [2.24, 2.45) is 0 Å². The average molecular weight is 234 g/mol. The van der Waals surface area contributed by atoms with E-state index in [1.165, 1.54) is 44.6 Å². The van der Waals surface area contributed by atoms with Crippen molar-refractivity contribution in [2.75, 3.05) is 0 Å². The molecule has 0 saturated carbocycles. The molecule has 0 aromatic carbocycles. The highest BCUT2D eigenvalue weighted by atomic mass is 28.3. The Morgan fingerprint density at radius 2 is 2.00 bits per heavy atom. The smallest absolute Gasteiger partial charge is 0.126 e. The minimum absolute atomic E-state index is 1.11. The molecule has 0 aromatic heterocycles. The van der Waals surface area contributed by atoms with Crippen LogP contribution in [0, 0.1) is 11.5 Å². The largest absolute Gasteiger partial charge is 0.161 e. The van der Waals surface area contributed by atoms with Gasteiger partial charge in [-0.3, -0.25) is 0 Å². The number of unbranched alkanes of at least 4 members (excludes halogenated alkanes) is 3. The maximum Gasteiger partial charge on any atom is 0.161 e. The first-order valence-electron chi connectivity index (χ1n) is 6.92. The Labute approximate surface area is 103 Å². The monoisotopic (exact) mass is 234 g/mol. The van der Waals surface area contributed by atoms with E-state index in [-0.39, 0.29) is 0 Å². The molecular weight excluding hydrogens is 208 g/mol.